The average molecular weight is 366 g/mol. The van der Waals surface area contributed by atoms with Crippen molar-refractivity contribution in [3.8, 4) is 11.3 Å². The number of quaternary nitrogens is 1. The van der Waals surface area contributed by atoms with Crippen molar-refractivity contribution in [2.75, 3.05) is 32.8 Å². The Morgan fingerprint density at radius 1 is 1.07 bits per heavy atom. The number of nitrogens with one attached hydrogen (secondary N) is 2. The fourth-order valence-electron chi connectivity index (χ4n) is 3.98. The molecule has 0 amide bonds. The Kier molecular flexibility index (Phi) is 4.14. The first-order chi connectivity index (χ1) is 13.3. The van der Waals surface area contributed by atoms with Crippen molar-refractivity contribution >= 4 is 16.8 Å². The van der Waals surface area contributed by atoms with Crippen LogP contribution in [0.4, 0.5) is 4.39 Å². The SMILES string of the molecule is Fc1ccc(-c2cn3c4ccccc4[n+](CC[NH+]4CCOCC4)c3[nH]2)cc1. The molecule has 1 aliphatic heterocycles. The topological polar surface area (TPSA) is 37.8 Å². The predicted molar refractivity (Wildman–Crippen MR) is 101 cm³/mol. The number of imidazole rings is 2. The zero-order valence-corrected chi connectivity index (χ0v) is 15.1. The van der Waals surface area contributed by atoms with Gasteiger partial charge in [0, 0.05) is 5.56 Å². The van der Waals surface area contributed by atoms with E-state index in [2.05, 4.69) is 44.4 Å². The summed E-state index contributed by atoms with van der Waals surface area (Å²) in [6.07, 6.45) is 2.10. The number of nitrogens with zero attached hydrogens (tertiary/aromatic N) is 2. The fraction of sp³-hybridized carbons (Fsp3) is 0.286. The molecule has 0 radical (unpaired) electrons. The Bertz CT molecular complexity index is 1080. The van der Waals surface area contributed by atoms with Crippen LogP contribution in [0.3, 0.4) is 0 Å². The van der Waals surface area contributed by atoms with E-state index in [1.807, 2.05) is 12.1 Å². The van der Waals surface area contributed by atoms with Gasteiger partial charge in [-0.3, -0.25) is 0 Å². The second-order valence-corrected chi connectivity index (χ2v) is 7.12. The van der Waals surface area contributed by atoms with Crippen LogP contribution in [0.15, 0.2) is 54.7 Å². The molecule has 138 valence electrons. The number of hydrogen-bond donors (Lipinski definition) is 2. The molecule has 1 aliphatic rings. The molecule has 2 N–H and O–H groups in total. The van der Waals surface area contributed by atoms with Crippen LogP contribution in [-0.4, -0.2) is 42.2 Å². The molecule has 0 atom stereocenters. The maximum Gasteiger partial charge on any atom is 0.368 e. The molecule has 5 rings (SSSR count). The summed E-state index contributed by atoms with van der Waals surface area (Å²) in [6, 6.07) is 15.1. The van der Waals surface area contributed by atoms with Gasteiger partial charge >= 0.3 is 5.78 Å². The van der Waals surface area contributed by atoms with Gasteiger partial charge in [-0.15, -0.1) is 0 Å². The number of para-hydroxylation sites is 2. The lowest BCUT2D eigenvalue weighted by atomic mass is 10.2. The Morgan fingerprint density at radius 3 is 2.67 bits per heavy atom. The van der Waals surface area contributed by atoms with Crippen LogP contribution in [0, 0.1) is 5.82 Å². The van der Waals surface area contributed by atoms with Crippen molar-refractivity contribution in [2.45, 2.75) is 6.54 Å². The number of benzene rings is 2. The first-order valence-electron chi connectivity index (χ1n) is 9.48. The van der Waals surface area contributed by atoms with Gasteiger partial charge in [0.25, 0.3) is 0 Å². The maximum absolute atomic E-state index is 13.3. The van der Waals surface area contributed by atoms with Gasteiger partial charge in [0.15, 0.2) is 0 Å². The minimum atomic E-state index is -0.217. The number of ether oxygens (including phenoxy) is 1. The Hall–Kier alpha value is -2.70. The lowest BCUT2D eigenvalue weighted by molar-refractivity contribution is -0.923. The quantitative estimate of drug-likeness (QED) is 0.527. The molecule has 0 saturated carbocycles. The van der Waals surface area contributed by atoms with Gasteiger partial charge < -0.3 is 9.64 Å². The molecule has 2 aromatic carbocycles. The molecular weight excluding hydrogens is 343 g/mol. The summed E-state index contributed by atoms with van der Waals surface area (Å²) in [4.78, 5) is 5.13. The van der Waals surface area contributed by atoms with E-state index >= 15 is 0 Å². The maximum atomic E-state index is 13.3. The summed E-state index contributed by atoms with van der Waals surface area (Å²) >= 11 is 0. The first-order valence-corrected chi connectivity index (χ1v) is 9.48. The molecule has 0 aliphatic carbocycles. The van der Waals surface area contributed by atoms with E-state index in [4.69, 9.17) is 4.74 Å². The van der Waals surface area contributed by atoms with Crippen molar-refractivity contribution in [1.82, 2.24) is 9.38 Å². The summed E-state index contributed by atoms with van der Waals surface area (Å²) in [6.45, 7) is 5.85. The highest BCUT2D eigenvalue weighted by atomic mass is 19.1. The zero-order valence-electron chi connectivity index (χ0n) is 15.1. The van der Waals surface area contributed by atoms with Gasteiger partial charge in [-0.05, 0) is 36.4 Å². The third-order valence-electron chi connectivity index (χ3n) is 5.46. The average Bonchev–Trinajstić information content (AvgIpc) is 3.26. The fourth-order valence-corrected chi connectivity index (χ4v) is 3.98. The second-order valence-electron chi connectivity index (χ2n) is 7.12. The van der Waals surface area contributed by atoms with E-state index in [0.29, 0.717) is 0 Å². The predicted octanol–water partition coefficient (Wildman–Crippen LogP) is 1.43. The van der Waals surface area contributed by atoms with Crippen LogP contribution in [-0.2, 0) is 11.3 Å². The molecule has 27 heavy (non-hydrogen) atoms. The highest BCUT2D eigenvalue weighted by Crippen LogP contribution is 2.22. The van der Waals surface area contributed by atoms with Crippen molar-refractivity contribution in [3.05, 3.63) is 60.5 Å². The molecule has 0 unspecified atom stereocenters. The van der Waals surface area contributed by atoms with E-state index in [-0.39, 0.29) is 5.82 Å². The second kappa shape index (κ2) is 6.79. The number of rotatable bonds is 4. The molecule has 3 heterocycles. The minimum absolute atomic E-state index is 0.217. The number of fused-ring (bicyclic) bond motifs is 3. The third kappa shape index (κ3) is 3.01. The number of aromatic nitrogens is 3. The van der Waals surface area contributed by atoms with Gasteiger partial charge in [-0.1, -0.05) is 12.1 Å². The Balaban J connectivity index is 1.55. The lowest BCUT2D eigenvalue weighted by Gasteiger charge is -2.23. The van der Waals surface area contributed by atoms with Crippen LogP contribution in [0.1, 0.15) is 0 Å². The highest BCUT2D eigenvalue weighted by Gasteiger charge is 2.23. The molecule has 1 fully saturated rings. The number of aromatic amines is 1. The van der Waals surface area contributed by atoms with E-state index in [1.165, 1.54) is 23.2 Å². The first kappa shape index (κ1) is 16.5. The third-order valence-corrected chi connectivity index (χ3v) is 5.46. The van der Waals surface area contributed by atoms with Crippen LogP contribution in [0.25, 0.3) is 28.1 Å². The number of H-pyrrole nitrogens is 1. The summed E-state index contributed by atoms with van der Waals surface area (Å²) in [5.74, 6) is 0.842. The van der Waals surface area contributed by atoms with Gasteiger partial charge in [-0.2, -0.15) is 4.40 Å². The highest BCUT2D eigenvalue weighted by molar-refractivity contribution is 5.76. The number of morpholine rings is 1. The van der Waals surface area contributed by atoms with Gasteiger partial charge in [0.2, 0.25) is 0 Å². The monoisotopic (exact) mass is 366 g/mol. The normalized spacial score (nSPS) is 15.7. The molecular formula is C21H23FN4O+2. The molecule has 6 heteroatoms. The lowest BCUT2D eigenvalue weighted by Crippen LogP contribution is -3.14. The van der Waals surface area contributed by atoms with Crippen molar-refractivity contribution in [3.63, 3.8) is 0 Å². The smallest absolute Gasteiger partial charge is 0.368 e. The number of halogens is 1. The van der Waals surface area contributed by atoms with E-state index < -0.39 is 0 Å². The van der Waals surface area contributed by atoms with Crippen LogP contribution < -0.4 is 9.47 Å². The molecule has 4 aromatic rings. The standard InChI is InChI=1S/C21H21FN4O/c22-17-7-5-16(6-8-17)18-15-26-20-4-2-1-3-19(20)25(21(26)23-18)10-9-24-11-13-27-14-12-24/h1-8,15H,9-14H2/p+2. The van der Waals surface area contributed by atoms with Crippen LogP contribution >= 0.6 is 0 Å². The molecule has 0 bridgehead atoms. The summed E-state index contributed by atoms with van der Waals surface area (Å²) in [5.41, 5.74) is 4.37. The summed E-state index contributed by atoms with van der Waals surface area (Å²) in [5, 5.41) is 0. The Labute approximate surface area is 156 Å². The van der Waals surface area contributed by atoms with Gasteiger partial charge in [-0.25, -0.2) is 13.9 Å². The molecule has 1 saturated heterocycles. The summed E-state index contributed by atoms with van der Waals surface area (Å²) < 4.78 is 23.3. The van der Waals surface area contributed by atoms with Gasteiger partial charge in [0.05, 0.1) is 13.2 Å². The minimum Gasteiger partial charge on any atom is -0.370 e. The van der Waals surface area contributed by atoms with E-state index in [0.717, 1.165) is 56.4 Å². The van der Waals surface area contributed by atoms with Gasteiger partial charge in [0.1, 0.15) is 54.9 Å². The zero-order chi connectivity index (χ0) is 18.2. The Morgan fingerprint density at radius 2 is 1.85 bits per heavy atom. The van der Waals surface area contributed by atoms with Crippen LogP contribution in [0.5, 0.6) is 0 Å². The largest absolute Gasteiger partial charge is 0.370 e. The van der Waals surface area contributed by atoms with Crippen molar-refractivity contribution < 1.29 is 18.6 Å². The van der Waals surface area contributed by atoms with Crippen molar-refractivity contribution in [2.24, 2.45) is 0 Å². The molecule has 5 nitrogen and oxygen atoms in total. The summed E-state index contributed by atoms with van der Waals surface area (Å²) in [7, 11) is 0. The van der Waals surface area contributed by atoms with E-state index in [9.17, 15) is 4.39 Å². The van der Waals surface area contributed by atoms with E-state index in [1.54, 1.807) is 4.90 Å². The number of hydrogen-bond acceptors (Lipinski definition) is 1. The van der Waals surface area contributed by atoms with Crippen LogP contribution in [0.2, 0.25) is 0 Å². The molecule has 0 spiro atoms. The van der Waals surface area contributed by atoms with Crippen molar-refractivity contribution in [1.29, 1.82) is 0 Å². The molecule has 2 aromatic heterocycles.